The lowest BCUT2D eigenvalue weighted by molar-refractivity contribution is 0.131. The smallest absolute Gasteiger partial charge is 0.123 e. The van der Waals surface area contributed by atoms with Crippen molar-refractivity contribution in [3.8, 4) is 0 Å². The summed E-state index contributed by atoms with van der Waals surface area (Å²) < 4.78 is 13.7. The molecule has 12 heavy (non-hydrogen) atoms. The minimum atomic E-state index is -1.13. The van der Waals surface area contributed by atoms with Crippen molar-refractivity contribution in [2.75, 3.05) is 6.54 Å². The van der Waals surface area contributed by atoms with Gasteiger partial charge in [-0.25, -0.2) is 4.39 Å². The lowest BCUT2D eigenvalue weighted by Gasteiger charge is -2.26. The van der Waals surface area contributed by atoms with Crippen molar-refractivity contribution in [3.63, 3.8) is 0 Å². The van der Waals surface area contributed by atoms with Gasteiger partial charge in [0, 0.05) is 6.54 Å². The van der Waals surface area contributed by atoms with Crippen molar-refractivity contribution in [1.82, 2.24) is 0 Å². The zero-order chi connectivity index (χ0) is 9.83. The van der Waals surface area contributed by atoms with E-state index in [9.17, 15) is 4.39 Å². The molecule has 0 aromatic carbocycles. The van der Waals surface area contributed by atoms with Gasteiger partial charge in [0.25, 0.3) is 0 Å². The summed E-state index contributed by atoms with van der Waals surface area (Å²) in [6, 6.07) is 0. The molecule has 2 N–H and O–H groups in total. The predicted molar refractivity (Wildman–Crippen MR) is 51.9 cm³/mol. The van der Waals surface area contributed by atoms with E-state index < -0.39 is 5.67 Å². The Bertz CT molecular complexity index is 122. The molecule has 1 atom stereocenters. The van der Waals surface area contributed by atoms with Gasteiger partial charge in [0.05, 0.1) is 0 Å². The van der Waals surface area contributed by atoms with Crippen LogP contribution < -0.4 is 5.73 Å². The quantitative estimate of drug-likeness (QED) is 0.698. The molecule has 0 aromatic rings. The van der Waals surface area contributed by atoms with E-state index in [1.165, 1.54) is 0 Å². The molecule has 1 nitrogen and oxygen atoms in total. The third kappa shape index (κ3) is 4.70. The van der Waals surface area contributed by atoms with Crippen LogP contribution in [-0.2, 0) is 0 Å². The zero-order valence-electron chi connectivity index (χ0n) is 8.78. The molecule has 0 rings (SSSR count). The first-order valence-corrected chi connectivity index (χ1v) is 4.72. The summed E-state index contributed by atoms with van der Waals surface area (Å²) in [5.74, 6) is 0. The minimum Gasteiger partial charge on any atom is -0.328 e. The molecule has 0 fully saturated rings. The average Bonchev–Trinajstić information content (AvgIpc) is 1.99. The molecule has 0 heterocycles. The van der Waals surface area contributed by atoms with Gasteiger partial charge in [-0.2, -0.15) is 0 Å². The Morgan fingerprint density at radius 2 is 1.67 bits per heavy atom. The van der Waals surface area contributed by atoms with Gasteiger partial charge >= 0.3 is 0 Å². The van der Waals surface area contributed by atoms with Crippen LogP contribution in [0.3, 0.4) is 0 Å². The number of hydrogen-bond acceptors (Lipinski definition) is 1. The Hall–Kier alpha value is -0.110. The van der Waals surface area contributed by atoms with E-state index in [2.05, 4.69) is 20.8 Å². The van der Waals surface area contributed by atoms with Gasteiger partial charge in [-0.1, -0.05) is 27.7 Å². The van der Waals surface area contributed by atoms with Gasteiger partial charge in [0.1, 0.15) is 5.67 Å². The molecular weight excluding hydrogens is 153 g/mol. The summed E-state index contributed by atoms with van der Waals surface area (Å²) in [5.41, 5.74) is 4.45. The maximum absolute atomic E-state index is 13.7. The Morgan fingerprint density at radius 3 is 1.92 bits per heavy atom. The van der Waals surface area contributed by atoms with Crippen LogP contribution in [0.15, 0.2) is 0 Å². The minimum absolute atomic E-state index is 0.152. The second-order valence-corrected chi connectivity index (χ2v) is 4.77. The summed E-state index contributed by atoms with van der Waals surface area (Å²) in [6.07, 6.45) is 2.01. The van der Waals surface area contributed by atoms with Crippen LogP contribution in [0.25, 0.3) is 0 Å². The molecule has 0 bridgehead atoms. The molecule has 0 saturated heterocycles. The summed E-state index contributed by atoms with van der Waals surface area (Å²) in [7, 11) is 0. The van der Waals surface area contributed by atoms with Crippen molar-refractivity contribution >= 4 is 0 Å². The molecule has 74 valence electrons. The number of nitrogens with two attached hydrogens (primary N) is 1. The van der Waals surface area contributed by atoms with Crippen molar-refractivity contribution < 1.29 is 4.39 Å². The van der Waals surface area contributed by atoms with Gasteiger partial charge < -0.3 is 5.73 Å². The van der Waals surface area contributed by atoms with E-state index >= 15 is 0 Å². The van der Waals surface area contributed by atoms with E-state index in [1.807, 2.05) is 6.92 Å². The highest BCUT2D eigenvalue weighted by atomic mass is 19.1. The monoisotopic (exact) mass is 175 g/mol. The Morgan fingerprint density at radius 1 is 1.17 bits per heavy atom. The van der Waals surface area contributed by atoms with E-state index in [0.29, 0.717) is 12.8 Å². The largest absolute Gasteiger partial charge is 0.328 e. The SMILES string of the molecule is CCC(F)(CN)CCC(C)(C)C. The van der Waals surface area contributed by atoms with Gasteiger partial charge in [-0.15, -0.1) is 0 Å². The first kappa shape index (κ1) is 11.9. The maximum atomic E-state index is 13.7. The highest BCUT2D eigenvalue weighted by Gasteiger charge is 2.27. The normalized spacial score (nSPS) is 17.5. The Labute approximate surface area is 75.5 Å². The van der Waals surface area contributed by atoms with Crippen LogP contribution in [0.2, 0.25) is 0 Å². The number of rotatable bonds is 4. The average molecular weight is 175 g/mol. The summed E-state index contributed by atoms with van der Waals surface area (Å²) in [4.78, 5) is 0. The van der Waals surface area contributed by atoms with E-state index in [0.717, 1.165) is 6.42 Å². The van der Waals surface area contributed by atoms with Gasteiger partial charge in [-0.05, 0) is 24.7 Å². The van der Waals surface area contributed by atoms with E-state index in [-0.39, 0.29) is 12.0 Å². The predicted octanol–water partition coefficient (Wildman–Crippen LogP) is 2.89. The second kappa shape index (κ2) is 4.22. The highest BCUT2D eigenvalue weighted by Crippen LogP contribution is 2.29. The van der Waals surface area contributed by atoms with E-state index in [1.54, 1.807) is 0 Å². The number of alkyl halides is 1. The summed E-state index contributed by atoms with van der Waals surface area (Å²) in [6.45, 7) is 8.38. The molecule has 0 aliphatic heterocycles. The molecule has 0 amide bonds. The van der Waals surface area contributed by atoms with Crippen molar-refractivity contribution in [3.05, 3.63) is 0 Å². The van der Waals surface area contributed by atoms with Crippen LogP contribution in [0.5, 0.6) is 0 Å². The molecule has 1 unspecified atom stereocenters. The fourth-order valence-electron chi connectivity index (χ4n) is 1.02. The molecule has 0 aliphatic rings. The molecule has 0 aromatic heterocycles. The van der Waals surface area contributed by atoms with E-state index in [4.69, 9.17) is 5.73 Å². The summed E-state index contributed by atoms with van der Waals surface area (Å²) >= 11 is 0. The fourth-order valence-corrected chi connectivity index (χ4v) is 1.02. The van der Waals surface area contributed by atoms with Gasteiger partial charge in [-0.3, -0.25) is 0 Å². The van der Waals surface area contributed by atoms with Crippen LogP contribution in [-0.4, -0.2) is 12.2 Å². The third-order valence-corrected chi connectivity index (χ3v) is 2.32. The molecule has 2 heteroatoms. The molecule has 0 saturated carbocycles. The van der Waals surface area contributed by atoms with Gasteiger partial charge in [0.15, 0.2) is 0 Å². The fraction of sp³-hybridized carbons (Fsp3) is 1.00. The van der Waals surface area contributed by atoms with Crippen molar-refractivity contribution in [2.45, 2.75) is 52.6 Å². The summed E-state index contributed by atoms with van der Waals surface area (Å²) in [5, 5.41) is 0. The highest BCUT2D eigenvalue weighted by molar-refractivity contribution is 4.80. The standard InChI is InChI=1S/C10H22FN/c1-5-10(11,8-12)7-6-9(2,3)4/h5-8,12H2,1-4H3. The molecular formula is C10H22FN. The number of hydrogen-bond donors (Lipinski definition) is 1. The second-order valence-electron chi connectivity index (χ2n) is 4.77. The van der Waals surface area contributed by atoms with Crippen LogP contribution in [0.1, 0.15) is 47.0 Å². The van der Waals surface area contributed by atoms with Crippen LogP contribution in [0.4, 0.5) is 4.39 Å². The van der Waals surface area contributed by atoms with Crippen molar-refractivity contribution in [1.29, 1.82) is 0 Å². The third-order valence-electron chi connectivity index (χ3n) is 2.32. The number of halogens is 1. The Kier molecular flexibility index (Phi) is 4.18. The zero-order valence-corrected chi connectivity index (χ0v) is 8.78. The van der Waals surface area contributed by atoms with Crippen LogP contribution in [0, 0.1) is 5.41 Å². The maximum Gasteiger partial charge on any atom is 0.123 e. The van der Waals surface area contributed by atoms with Crippen LogP contribution >= 0.6 is 0 Å². The molecule has 0 spiro atoms. The Balaban J connectivity index is 3.89. The first-order valence-electron chi connectivity index (χ1n) is 4.72. The molecule has 0 radical (unpaired) electrons. The van der Waals surface area contributed by atoms with Crippen molar-refractivity contribution in [2.24, 2.45) is 11.1 Å². The molecule has 0 aliphatic carbocycles. The topological polar surface area (TPSA) is 26.0 Å². The lowest BCUT2D eigenvalue weighted by Crippen LogP contribution is -2.33. The van der Waals surface area contributed by atoms with Gasteiger partial charge in [0.2, 0.25) is 0 Å². The first-order chi connectivity index (χ1) is 5.33. The lowest BCUT2D eigenvalue weighted by atomic mass is 9.84.